The molecule has 3 aromatic rings. The summed E-state index contributed by atoms with van der Waals surface area (Å²) in [5, 5.41) is 13.2. The van der Waals surface area contributed by atoms with Crippen LogP contribution in [0.1, 0.15) is 62.0 Å². The van der Waals surface area contributed by atoms with Crippen LogP contribution in [0.2, 0.25) is 10.0 Å². The molecule has 2 aliphatic heterocycles. The Morgan fingerprint density at radius 2 is 1.65 bits per heavy atom. The third-order valence-corrected chi connectivity index (χ3v) is 12.9. The number of carbonyl (C=O) groups is 4. The first-order valence-electron chi connectivity index (χ1n) is 17.4. The summed E-state index contributed by atoms with van der Waals surface area (Å²) < 4.78 is 6.14. The largest absolute Gasteiger partial charge is 0.508 e. The minimum atomic E-state index is -1.56. The fourth-order valence-corrected chi connectivity index (χ4v) is 10.5. The molecule has 6 atom stereocenters. The SMILES string of the molecule is COc1ccc(C23C(=O)N(Nc4ccc(Cl)cc4Cl)C(=O)C2CC2C(=CCC4C(=O)N(C5CCCCC5)C(=O)C42)C3c2cc(Br)ccc2O)cc1. The summed E-state index contributed by atoms with van der Waals surface area (Å²) in [5.41, 5.74) is 3.52. The molecule has 264 valence electrons. The van der Waals surface area contributed by atoms with Crippen molar-refractivity contribution in [2.24, 2.45) is 23.7 Å². The number of aromatic hydroxyl groups is 1. The van der Waals surface area contributed by atoms with Gasteiger partial charge in [0.25, 0.3) is 11.8 Å². The van der Waals surface area contributed by atoms with Gasteiger partial charge in [-0.2, -0.15) is 5.01 Å². The second-order valence-electron chi connectivity index (χ2n) is 14.3. The summed E-state index contributed by atoms with van der Waals surface area (Å²) in [5.74, 6) is -4.45. The van der Waals surface area contributed by atoms with E-state index < -0.39 is 46.8 Å². The molecular formula is C39H36BrCl2N3O6. The number of imide groups is 2. The van der Waals surface area contributed by atoms with Crippen molar-refractivity contribution in [2.45, 2.75) is 62.3 Å². The zero-order chi connectivity index (χ0) is 35.8. The first-order chi connectivity index (χ1) is 24.6. The highest BCUT2D eigenvalue weighted by molar-refractivity contribution is 9.10. The number of anilines is 1. The Kier molecular flexibility index (Phi) is 8.71. The Hall–Kier alpha value is -3.86. The maximum Gasteiger partial charge on any atom is 0.260 e. The van der Waals surface area contributed by atoms with Crippen LogP contribution in [0.3, 0.4) is 0 Å². The number of methoxy groups -OCH3 is 1. The smallest absolute Gasteiger partial charge is 0.260 e. The number of hydrogen-bond donors (Lipinski definition) is 2. The molecule has 12 heteroatoms. The highest BCUT2D eigenvalue weighted by atomic mass is 79.9. The van der Waals surface area contributed by atoms with E-state index in [1.54, 1.807) is 61.7 Å². The molecule has 9 nitrogen and oxygen atoms in total. The predicted molar refractivity (Wildman–Crippen MR) is 195 cm³/mol. The summed E-state index contributed by atoms with van der Waals surface area (Å²) in [6, 6.07) is 16.7. The number of amides is 4. The van der Waals surface area contributed by atoms with E-state index in [2.05, 4.69) is 21.4 Å². The second kappa shape index (κ2) is 13.0. The van der Waals surface area contributed by atoms with Crippen molar-refractivity contribution in [1.29, 1.82) is 0 Å². The van der Waals surface area contributed by atoms with Crippen LogP contribution >= 0.6 is 39.1 Å². The van der Waals surface area contributed by atoms with Gasteiger partial charge in [-0.15, -0.1) is 0 Å². The van der Waals surface area contributed by atoms with E-state index >= 15 is 4.79 Å². The van der Waals surface area contributed by atoms with Gasteiger partial charge in [0.15, 0.2) is 0 Å². The Balaban J connectivity index is 1.33. The van der Waals surface area contributed by atoms with Crippen molar-refractivity contribution in [3.63, 3.8) is 0 Å². The Labute approximate surface area is 314 Å². The molecule has 4 fully saturated rings. The fraction of sp³-hybridized carbons (Fsp3) is 0.385. The lowest BCUT2D eigenvalue weighted by Crippen LogP contribution is -2.53. The number of nitrogens with zero attached hydrogens (tertiary/aromatic N) is 2. The molecule has 0 bridgehead atoms. The quantitative estimate of drug-likeness (QED) is 0.194. The number of rotatable bonds is 6. The van der Waals surface area contributed by atoms with Crippen molar-refractivity contribution in [3.8, 4) is 11.5 Å². The van der Waals surface area contributed by atoms with Crippen LogP contribution in [-0.4, -0.2) is 51.8 Å². The number of allylic oxidation sites excluding steroid dienone is 2. The number of phenols is 1. The number of hydrazine groups is 1. The van der Waals surface area contributed by atoms with Crippen LogP contribution in [0.15, 0.2) is 76.8 Å². The van der Waals surface area contributed by atoms with Gasteiger partial charge in [0.2, 0.25) is 11.8 Å². The predicted octanol–water partition coefficient (Wildman–Crippen LogP) is 7.79. The number of benzene rings is 3. The van der Waals surface area contributed by atoms with Crippen LogP contribution in [0, 0.1) is 23.7 Å². The maximum absolute atomic E-state index is 15.4. The number of halogens is 3. The zero-order valence-corrected chi connectivity index (χ0v) is 30.9. The molecule has 3 aliphatic carbocycles. The lowest BCUT2D eigenvalue weighted by Gasteiger charge is -2.50. The molecule has 6 unspecified atom stereocenters. The molecule has 2 heterocycles. The van der Waals surface area contributed by atoms with E-state index in [1.165, 1.54) is 11.0 Å². The summed E-state index contributed by atoms with van der Waals surface area (Å²) in [6.07, 6.45) is 7.08. The summed E-state index contributed by atoms with van der Waals surface area (Å²) in [7, 11) is 1.55. The molecule has 0 radical (unpaired) electrons. The molecular weight excluding hydrogens is 757 g/mol. The second-order valence-corrected chi connectivity index (χ2v) is 16.0. The molecule has 8 rings (SSSR count). The van der Waals surface area contributed by atoms with Crippen LogP contribution < -0.4 is 10.2 Å². The van der Waals surface area contributed by atoms with E-state index in [1.807, 2.05) is 6.08 Å². The van der Waals surface area contributed by atoms with Crippen molar-refractivity contribution in [1.82, 2.24) is 9.91 Å². The third-order valence-electron chi connectivity index (χ3n) is 11.9. The van der Waals surface area contributed by atoms with Gasteiger partial charge in [0.1, 0.15) is 11.5 Å². The van der Waals surface area contributed by atoms with E-state index in [4.69, 9.17) is 27.9 Å². The van der Waals surface area contributed by atoms with Crippen molar-refractivity contribution < 1.29 is 29.0 Å². The van der Waals surface area contributed by atoms with Crippen LogP contribution in [0.5, 0.6) is 11.5 Å². The van der Waals surface area contributed by atoms with Crippen molar-refractivity contribution in [3.05, 3.63) is 98.0 Å². The number of hydrogen-bond acceptors (Lipinski definition) is 7. The zero-order valence-electron chi connectivity index (χ0n) is 27.8. The summed E-state index contributed by atoms with van der Waals surface area (Å²) in [4.78, 5) is 60.3. The van der Waals surface area contributed by atoms with Gasteiger partial charge in [-0.3, -0.25) is 29.5 Å². The summed E-state index contributed by atoms with van der Waals surface area (Å²) in [6.45, 7) is 0. The molecule has 2 saturated heterocycles. The number of carbonyl (C=O) groups excluding carboxylic acids is 4. The molecule has 2 N–H and O–H groups in total. The molecule has 0 spiro atoms. The van der Waals surface area contributed by atoms with E-state index in [9.17, 15) is 19.5 Å². The van der Waals surface area contributed by atoms with Crippen LogP contribution in [0.25, 0.3) is 0 Å². The van der Waals surface area contributed by atoms with Gasteiger partial charge in [-0.05, 0) is 85.7 Å². The number of phenolic OH excluding ortho intramolecular Hbond substituents is 1. The lowest BCUT2D eigenvalue weighted by atomic mass is 9.49. The number of fused-ring (bicyclic) bond motifs is 4. The van der Waals surface area contributed by atoms with Gasteiger partial charge in [-0.1, -0.05) is 82.2 Å². The van der Waals surface area contributed by atoms with Gasteiger partial charge in [-0.25, -0.2) is 0 Å². The number of likely N-dealkylation sites (tertiary alicyclic amines) is 1. The van der Waals surface area contributed by atoms with Crippen LogP contribution in [-0.2, 0) is 24.6 Å². The molecule has 0 aromatic heterocycles. The fourth-order valence-electron chi connectivity index (χ4n) is 9.67. The molecule has 4 amide bonds. The van der Waals surface area contributed by atoms with Gasteiger partial charge >= 0.3 is 0 Å². The summed E-state index contributed by atoms with van der Waals surface area (Å²) >= 11 is 16.3. The van der Waals surface area contributed by atoms with Gasteiger partial charge in [0.05, 0.1) is 41.0 Å². The molecule has 2 saturated carbocycles. The number of ether oxygens (including phenoxy) is 1. The first kappa shape index (κ1) is 34.2. The highest BCUT2D eigenvalue weighted by Crippen LogP contribution is 2.65. The van der Waals surface area contributed by atoms with E-state index in [0.29, 0.717) is 38.5 Å². The minimum Gasteiger partial charge on any atom is -0.508 e. The molecule has 3 aromatic carbocycles. The minimum absolute atomic E-state index is 0.0522. The van der Waals surface area contributed by atoms with E-state index in [0.717, 1.165) is 42.7 Å². The standard InChI is InChI=1S/C39H36BrCl2N3O6/c1-51-24-11-7-20(8-12-24)39-29(36(48)45(38(39)50)43-31-15-10-22(41)18-30(31)42)19-27-25(34(39)28-17-21(40)9-16-32(28)46)13-14-26-33(27)37(49)44(35(26)47)23-5-3-2-4-6-23/h7-13,15-18,23,26-27,29,33-34,43,46H,2-6,14,19H2,1H3. The van der Waals surface area contributed by atoms with Gasteiger partial charge in [0, 0.05) is 27.0 Å². The third kappa shape index (κ3) is 5.23. The Morgan fingerprint density at radius 3 is 2.35 bits per heavy atom. The Morgan fingerprint density at radius 1 is 0.902 bits per heavy atom. The normalized spacial score (nSPS) is 29.1. The molecule has 5 aliphatic rings. The average Bonchev–Trinajstić information content (AvgIpc) is 3.51. The molecule has 51 heavy (non-hydrogen) atoms. The van der Waals surface area contributed by atoms with E-state index in [-0.39, 0.29) is 35.0 Å². The average molecular weight is 794 g/mol. The first-order valence-corrected chi connectivity index (χ1v) is 18.9. The lowest BCUT2D eigenvalue weighted by molar-refractivity contribution is -0.144. The van der Waals surface area contributed by atoms with Crippen molar-refractivity contribution in [2.75, 3.05) is 12.5 Å². The maximum atomic E-state index is 15.4. The highest BCUT2D eigenvalue weighted by Gasteiger charge is 2.70. The van der Waals surface area contributed by atoms with Gasteiger partial charge < -0.3 is 9.84 Å². The Bertz CT molecular complexity index is 2000. The number of nitrogens with one attached hydrogen (secondary N) is 1. The van der Waals surface area contributed by atoms with Crippen LogP contribution in [0.4, 0.5) is 5.69 Å². The topological polar surface area (TPSA) is 116 Å². The van der Waals surface area contributed by atoms with Crippen molar-refractivity contribution >= 4 is 68.4 Å². The monoisotopic (exact) mass is 791 g/mol.